The number of benzene rings is 2. The van der Waals surface area contributed by atoms with Crippen molar-refractivity contribution in [1.82, 2.24) is 5.32 Å². The minimum atomic E-state index is -0.159. The zero-order valence-corrected chi connectivity index (χ0v) is 17.0. The van der Waals surface area contributed by atoms with Gasteiger partial charge in [-0.2, -0.15) is 0 Å². The Kier molecular flexibility index (Phi) is 8.56. The van der Waals surface area contributed by atoms with Crippen LogP contribution in [0.2, 0.25) is 0 Å². The summed E-state index contributed by atoms with van der Waals surface area (Å²) in [4.78, 5) is 12.2. The second-order valence-electron chi connectivity index (χ2n) is 6.52. The largest absolute Gasteiger partial charge is 0.493 e. The molecule has 0 spiro atoms. The Hall–Kier alpha value is -2.79. The van der Waals surface area contributed by atoms with Gasteiger partial charge in [-0.3, -0.25) is 4.79 Å². The minimum Gasteiger partial charge on any atom is -0.493 e. The third-order valence-electron chi connectivity index (χ3n) is 4.06. The summed E-state index contributed by atoms with van der Waals surface area (Å²) >= 11 is 0. The van der Waals surface area contributed by atoms with E-state index < -0.39 is 0 Å². The minimum absolute atomic E-state index is 0.159. The Morgan fingerprint density at radius 1 is 1.11 bits per heavy atom. The molecule has 0 aromatic heterocycles. The topological polar surface area (TPSA) is 56.8 Å². The van der Waals surface area contributed by atoms with Crippen LogP contribution in [0.1, 0.15) is 37.5 Å². The summed E-state index contributed by atoms with van der Waals surface area (Å²) in [6.45, 7) is 7.46. The van der Waals surface area contributed by atoms with E-state index in [9.17, 15) is 4.79 Å². The summed E-state index contributed by atoms with van der Waals surface area (Å²) in [5.74, 6) is 1.17. The van der Waals surface area contributed by atoms with Gasteiger partial charge in [0.1, 0.15) is 0 Å². The van der Waals surface area contributed by atoms with Crippen LogP contribution >= 0.6 is 0 Å². The molecule has 0 bridgehead atoms. The highest BCUT2D eigenvalue weighted by Crippen LogP contribution is 2.28. The average molecular weight is 383 g/mol. The molecule has 0 heterocycles. The highest BCUT2D eigenvalue weighted by molar-refractivity contribution is 5.91. The van der Waals surface area contributed by atoms with E-state index in [1.54, 1.807) is 13.2 Å². The van der Waals surface area contributed by atoms with Gasteiger partial charge in [0.25, 0.3) is 0 Å². The van der Waals surface area contributed by atoms with Gasteiger partial charge in [-0.15, -0.1) is 0 Å². The van der Waals surface area contributed by atoms with Crippen molar-refractivity contribution in [1.29, 1.82) is 0 Å². The Bertz CT molecular complexity index is 799. The monoisotopic (exact) mass is 383 g/mol. The zero-order valence-electron chi connectivity index (χ0n) is 17.0. The maximum atomic E-state index is 12.2. The number of ether oxygens (including phenoxy) is 3. The summed E-state index contributed by atoms with van der Waals surface area (Å²) in [5.41, 5.74) is 3.00. The van der Waals surface area contributed by atoms with Crippen molar-refractivity contribution in [2.24, 2.45) is 0 Å². The van der Waals surface area contributed by atoms with E-state index in [0.29, 0.717) is 31.3 Å². The number of hydrogen-bond acceptors (Lipinski definition) is 4. The fraction of sp³-hybridized carbons (Fsp3) is 0.348. The second kappa shape index (κ2) is 11.1. The maximum absolute atomic E-state index is 12.2. The first kappa shape index (κ1) is 21.5. The van der Waals surface area contributed by atoms with Crippen LogP contribution in [0, 0.1) is 0 Å². The van der Waals surface area contributed by atoms with E-state index in [4.69, 9.17) is 14.2 Å². The molecule has 0 fully saturated rings. The van der Waals surface area contributed by atoms with Gasteiger partial charge in [-0.1, -0.05) is 30.3 Å². The van der Waals surface area contributed by atoms with E-state index in [-0.39, 0.29) is 12.0 Å². The quantitative estimate of drug-likeness (QED) is 0.620. The standard InChI is InChI=1S/C23H29NO4/c1-5-27-22-14-18(10-12-21(22)26-4)11-13-23(25)24-15-19-8-6-7-9-20(19)16-28-17(2)3/h6-14,17H,5,15-16H2,1-4H3,(H,24,25)/b13-11+. The van der Waals surface area contributed by atoms with Crippen LogP contribution < -0.4 is 14.8 Å². The molecule has 0 aliphatic carbocycles. The highest BCUT2D eigenvalue weighted by atomic mass is 16.5. The molecule has 1 amide bonds. The Labute approximate surface area is 167 Å². The van der Waals surface area contributed by atoms with Crippen molar-refractivity contribution in [3.05, 3.63) is 65.2 Å². The molecule has 0 aliphatic heterocycles. The molecule has 28 heavy (non-hydrogen) atoms. The van der Waals surface area contributed by atoms with Gasteiger partial charge in [0.2, 0.25) is 5.91 Å². The molecule has 1 N–H and O–H groups in total. The van der Waals surface area contributed by atoms with Crippen LogP contribution in [0.25, 0.3) is 6.08 Å². The molecule has 0 aliphatic rings. The number of nitrogens with one attached hydrogen (secondary N) is 1. The van der Waals surface area contributed by atoms with Gasteiger partial charge in [-0.05, 0) is 55.7 Å². The van der Waals surface area contributed by atoms with Crippen molar-refractivity contribution in [2.75, 3.05) is 13.7 Å². The Morgan fingerprint density at radius 2 is 1.86 bits per heavy atom. The number of hydrogen-bond donors (Lipinski definition) is 1. The van der Waals surface area contributed by atoms with Crippen molar-refractivity contribution >= 4 is 12.0 Å². The van der Waals surface area contributed by atoms with Crippen LogP contribution in [0.3, 0.4) is 0 Å². The van der Waals surface area contributed by atoms with Gasteiger partial charge in [0.05, 0.1) is 26.4 Å². The fourth-order valence-corrected chi connectivity index (χ4v) is 2.61. The third kappa shape index (κ3) is 6.74. The van der Waals surface area contributed by atoms with Crippen molar-refractivity contribution in [3.8, 4) is 11.5 Å². The highest BCUT2D eigenvalue weighted by Gasteiger charge is 2.06. The fourth-order valence-electron chi connectivity index (χ4n) is 2.61. The van der Waals surface area contributed by atoms with Crippen LogP contribution in [-0.4, -0.2) is 25.7 Å². The van der Waals surface area contributed by atoms with E-state index in [1.807, 2.05) is 63.2 Å². The smallest absolute Gasteiger partial charge is 0.244 e. The van der Waals surface area contributed by atoms with Gasteiger partial charge in [-0.25, -0.2) is 0 Å². The summed E-state index contributed by atoms with van der Waals surface area (Å²) < 4.78 is 16.5. The lowest BCUT2D eigenvalue weighted by molar-refractivity contribution is -0.116. The van der Waals surface area contributed by atoms with Crippen LogP contribution in [0.15, 0.2) is 48.5 Å². The summed E-state index contributed by atoms with van der Waals surface area (Å²) in [6, 6.07) is 13.5. The Balaban J connectivity index is 1.97. The SMILES string of the molecule is CCOc1cc(/C=C/C(=O)NCc2ccccc2COC(C)C)ccc1OC. The molecule has 0 radical (unpaired) electrons. The molecule has 0 saturated carbocycles. The molecule has 150 valence electrons. The van der Waals surface area contributed by atoms with Gasteiger partial charge < -0.3 is 19.5 Å². The first-order valence-electron chi connectivity index (χ1n) is 9.48. The van der Waals surface area contributed by atoms with E-state index in [0.717, 1.165) is 16.7 Å². The first-order chi connectivity index (χ1) is 13.5. The summed E-state index contributed by atoms with van der Waals surface area (Å²) in [6.07, 6.45) is 3.44. The predicted octanol–water partition coefficient (Wildman–Crippen LogP) is 4.35. The molecule has 0 saturated heterocycles. The molecule has 2 aromatic rings. The molecule has 0 atom stereocenters. The third-order valence-corrected chi connectivity index (χ3v) is 4.06. The molecular weight excluding hydrogens is 354 g/mol. The number of carbonyl (C=O) groups excluding carboxylic acids is 1. The lowest BCUT2D eigenvalue weighted by Gasteiger charge is -2.12. The Morgan fingerprint density at radius 3 is 2.54 bits per heavy atom. The summed E-state index contributed by atoms with van der Waals surface area (Å²) in [5, 5.41) is 2.92. The van der Waals surface area contributed by atoms with E-state index >= 15 is 0 Å². The predicted molar refractivity (Wildman–Crippen MR) is 111 cm³/mol. The molecule has 5 heteroatoms. The second-order valence-corrected chi connectivity index (χ2v) is 6.52. The molecule has 0 unspecified atom stereocenters. The van der Waals surface area contributed by atoms with Gasteiger partial charge in [0, 0.05) is 12.6 Å². The van der Waals surface area contributed by atoms with Crippen molar-refractivity contribution in [3.63, 3.8) is 0 Å². The molecule has 2 rings (SSSR count). The van der Waals surface area contributed by atoms with Crippen molar-refractivity contribution in [2.45, 2.75) is 40.0 Å². The number of carbonyl (C=O) groups is 1. The number of methoxy groups -OCH3 is 1. The van der Waals surface area contributed by atoms with Crippen molar-refractivity contribution < 1.29 is 19.0 Å². The van der Waals surface area contributed by atoms with E-state index in [1.165, 1.54) is 6.08 Å². The van der Waals surface area contributed by atoms with Crippen LogP contribution in [-0.2, 0) is 22.7 Å². The normalized spacial score (nSPS) is 11.0. The van der Waals surface area contributed by atoms with Gasteiger partial charge >= 0.3 is 0 Å². The van der Waals surface area contributed by atoms with Crippen LogP contribution in [0.5, 0.6) is 11.5 Å². The number of amides is 1. The lowest BCUT2D eigenvalue weighted by atomic mass is 10.1. The van der Waals surface area contributed by atoms with E-state index in [2.05, 4.69) is 5.32 Å². The lowest BCUT2D eigenvalue weighted by Crippen LogP contribution is -2.21. The average Bonchev–Trinajstić information content (AvgIpc) is 2.70. The summed E-state index contributed by atoms with van der Waals surface area (Å²) in [7, 11) is 1.60. The van der Waals surface area contributed by atoms with Gasteiger partial charge in [0.15, 0.2) is 11.5 Å². The zero-order chi connectivity index (χ0) is 20.4. The maximum Gasteiger partial charge on any atom is 0.244 e. The molecule has 5 nitrogen and oxygen atoms in total. The molecular formula is C23H29NO4. The number of rotatable bonds is 10. The molecule has 2 aromatic carbocycles. The van der Waals surface area contributed by atoms with Crippen LogP contribution in [0.4, 0.5) is 0 Å². The first-order valence-corrected chi connectivity index (χ1v) is 9.48.